The van der Waals surface area contributed by atoms with E-state index >= 15 is 0 Å². The zero-order valence-corrected chi connectivity index (χ0v) is 24.1. The van der Waals surface area contributed by atoms with Crippen molar-refractivity contribution in [3.05, 3.63) is 47.9 Å². The average Bonchev–Trinajstić information content (AvgIpc) is 3.35. The molecule has 9 nitrogen and oxygen atoms in total. The first-order chi connectivity index (χ1) is 20.0. The van der Waals surface area contributed by atoms with E-state index in [1.807, 2.05) is 27.8 Å². The van der Waals surface area contributed by atoms with Crippen molar-refractivity contribution in [1.29, 1.82) is 5.26 Å². The number of nitriles is 1. The number of nitrogens with zero attached hydrogens (tertiary/aromatic N) is 7. The Balaban J connectivity index is 1.44. The summed E-state index contributed by atoms with van der Waals surface area (Å²) >= 11 is 5.81. The number of anilines is 2. The largest absolute Gasteiger partial charge is 0.419 e. The van der Waals surface area contributed by atoms with Gasteiger partial charge in [0.05, 0.1) is 29.2 Å². The van der Waals surface area contributed by atoms with Crippen molar-refractivity contribution in [2.45, 2.75) is 57.3 Å². The molecule has 2 aromatic heterocycles. The van der Waals surface area contributed by atoms with Crippen LogP contribution in [-0.4, -0.2) is 62.6 Å². The van der Waals surface area contributed by atoms with Gasteiger partial charge >= 0.3 is 6.18 Å². The van der Waals surface area contributed by atoms with Crippen molar-refractivity contribution in [2.24, 2.45) is 5.92 Å². The van der Waals surface area contributed by atoms with Gasteiger partial charge in [-0.15, -0.1) is 0 Å². The second-order valence-electron chi connectivity index (χ2n) is 11.0. The molecule has 3 heterocycles. The number of alkyl halides is 3. The molecule has 1 saturated heterocycles. The number of aldehydes is 1. The van der Waals surface area contributed by atoms with Crippen LogP contribution >= 0.6 is 12.2 Å². The molecular formula is C29H30F3N7O2S. The van der Waals surface area contributed by atoms with Gasteiger partial charge in [-0.1, -0.05) is 0 Å². The van der Waals surface area contributed by atoms with Gasteiger partial charge in [0.25, 0.3) is 0 Å². The number of hydrogen-bond acceptors (Lipinski definition) is 6. The first-order valence-electron chi connectivity index (χ1n) is 13.7. The van der Waals surface area contributed by atoms with Gasteiger partial charge in [0, 0.05) is 44.7 Å². The van der Waals surface area contributed by atoms with E-state index in [9.17, 15) is 22.8 Å². The van der Waals surface area contributed by atoms with Crippen LogP contribution in [0.3, 0.4) is 0 Å². The third-order valence-corrected chi connectivity index (χ3v) is 8.87. The Bertz CT molecular complexity index is 1570. The lowest BCUT2D eigenvalue weighted by molar-refractivity contribution is -0.138. The van der Waals surface area contributed by atoms with Gasteiger partial charge in [0.15, 0.2) is 10.8 Å². The van der Waals surface area contributed by atoms with Gasteiger partial charge in [0.2, 0.25) is 5.91 Å². The molecule has 0 atom stereocenters. The summed E-state index contributed by atoms with van der Waals surface area (Å²) in [6.45, 7) is 3.77. The van der Waals surface area contributed by atoms with E-state index in [0.717, 1.165) is 55.6 Å². The van der Waals surface area contributed by atoms with E-state index in [2.05, 4.69) is 10.1 Å². The molecule has 3 aromatic rings. The molecule has 1 amide bonds. The Morgan fingerprint density at radius 3 is 2.50 bits per heavy atom. The highest BCUT2D eigenvalue weighted by atomic mass is 32.1. The molecule has 13 heteroatoms. The fourth-order valence-corrected chi connectivity index (χ4v) is 6.12. The van der Waals surface area contributed by atoms with E-state index in [-0.39, 0.29) is 16.7 Å². The summed E-state index contributed by atoms with van der Waals surface area (Å²) in [5.74, 6) is 0.478. The molecule has 2 fully saturated rings. The molecule has 1 saturated carbocycles. The Morgan fingerprint density at radius 1 is 1.21 bits per heavy atom. The standard InChI is InChI=1S/C29H30F3N7O2S/c1-19(41)37-10-6-20(7-11-37)17-38-26-5-4-22(12-21(26)15-35-38)39(28(18-40)8-3-9-28)27(42)36(2)23-13-24(29(30,31)32)25(14-33)34-16-23/h4-5,12-13,15-16,18,20H,3,6-11,17H2,1-2H3. The monoisotopic (exact) mass is 597 g/mol. The van der Waals surface area contributed by atoms with Crippen molar-refractivity contribution in [1.82, 2.24) is 19.7 Å². The van der Waals surface area contributed by atoms with Gasteiger partial charge < -0.3 is 19.5 Å². The van der Waals surface area contributed by atoms with E-state index < -0.39 is 23.0 Å². The minimum atomic E-state index is -4.77. The lowest BCUT2D eigenvalue weighted by atomic mass is 9.76. The lowest BCUT2D eigenvalue weighted by Crippen LogP contribution is -2.60. The molecule has 0 radical (unpaired) electrons. The summed E-state index contributed by atoms with van der Waals surface area (Å²) in [6.07, 6.45) is 2.69. The van der Waals surface area contributed by atoms with Crippen LogP contribution < -0.4 is 9.80 Å². The molecule has 1 aliphatic carbocycles. The quantitative estimate of drug-likeness (QED) is 0.292. The highest BCUT2D eigenvalue weighted by molar-refractivity contribution is 7.80. The number of hydrogen-bond donors (Lipinski definition) is 0. The van der Waals surface area contributed by atoms with Crippen molar-refractivity contribution >= 4 is 51.8 Å². The summed E-state index contributed by atoms with van der Waals surface area (Å²) in [5.41, 5.74) is -1.24. The summed E-state index contributed by atoms with van der Waals surface area (Å²) in [7, 11) is 1.52. The number of thiocarbonyl (C=S) groups is 1. The van der Waals surface area contributed by atoms with Crippen LogP contribution in [0.2, 0.25) is 0 Å². The molecule has 1 aromatic carbocycles. The van der Waals surface area contributed by atoms with Crippen LogP contribution in [0, 0.1) is 17.2 Å². The van der Waals surface area contributed by atoms with Crippen LogP contribution in [0.4, 0.5) is 24.5 Å². The minimum absolute atomic E-state index is 0.0430. The minimum Gasteiger partial charge on any atom is -0.343 e. The van der Waals surface area contributed by atoms with E-state index in [1.165, 1.54) is 24.2 Å². The summed E-state index contributed by atoms with van der Waals surface area (Å²) < 4.78 is 42.9. The number of piperidine rings is 1. The number of halogens is 3. The molecule has 220 valence electrons. The van der Waals surface area contributed by atoms with Gasteiger partial charge in [-0.3, -0.25) is 9.48 Å². The Hall–Kier alpha value is -4.05. The van der Waals surface area contributed by atoms with E-state index in [0.29, 0.717) is 31.0 Å². The zero-order chi connectivity index (χ0) is 30.2. The molecular weight excluding hydrogens is 567 g/mol. The van der Waals surface area contributed by atoms with Gasteiger partial charge in [0.1, 0.15) is 17.9 Å². The molecule has 0 bridgehead atoms. The molecule has 42 heavy (non-hydrogen) atoms. The average molecular weight is 598 g/mol. The highest BCUT2D eigenvalue weighted by Gasteiger charge is 2.46. The van der Waals surface area contributed by atoms with Crippen molar-refractivity contribution < 1.29 is 22.8 Å². The maximum Gasteiger partial charge on any atom is 0.419 e. The maximum absolute atomic E-state index is 13.6. The second-order valence-corrected chi connectivity index (χ2v) is 11.3. The van der Waals surface area contributed by atoms with Crippen LogP contribution in [0.15, 0.2) is 36.7 Å². The second kappa shape index (κ2) is 11.3. The SMILES string of the molecule is CC(=O)N1CCC(Cn2ncc3cc(N(C(=S)N(C)c4cnc(C#N)c(C(F)(F)F)c4)C4(C=O)CCC4)ccc32)CC1. The number of aromatic nitrogens is 3. The number of benzene rings is 1. The fourth-order valence-electron chi connectivity index (χ4n) is 5.73. The van der Waals surface area contributed by atoms with Gasteiger partial charge in [-0.25, -0.2) is 4.98 Å². The normalized spacial score (nSPS) is 16.9. The highest BCUT2D eigenvalue weighted by Crippen LogP contribution is 2.41. The number of carbonyl (C=O) groups excluding carboxylic acids is 2. The number of carbonyl (C=O) groups is 2. The molecule has 1 aliphatic heterocycles. The zero-order valence-electron chi connectivity index (χ0n) is 23.3. The topological polar surface area (TPSA) is 98.4 Å². The number of amides is 1. The predicted octanol–water partition coefficient (Wildman–Crippen LogP) is 4.93. The van der Waals surface area contributed by atoms with Crippen molar-refractivity contribution in [3.8, 4) is 6.07 Å². The number of fused-ring (bicyclic) bond motifs is 1. The first-order valence-corrected chi connectivity index (χ1v) is 14.1. The van der Waals surface area contributed by atoms with Crippen LogP contribution in [0.1, 0.15) is 50.3 Å². The van der Waals surface area contributed by atoms with Crippen molar-refractivity contribution in [2.75, 3.05) is 29.9 Å². The third kappa shape index (κ3) is 5.43. The lowest BCUT2D eigenvalue weighted by Gasteiger charge is -2.48. The molecule has 5 rings (SSSR count). The van der Waals surface area contributed by atoms with E-state index in [4.69, 9.17) is 17.5 Å². The molecule has 0 unspecified atom stereocenters. The Kier molecular flexibility index (Phi) is 7.94. The maximum atomic E-state index is 13.6. The molecule has 0 spiro atoms. The number of likely N-dealkylation sites (tertiary alicyclic amines) is 1. The van der Waals surface area contributed by atoms with Crippen molar-refractivity contribution in [3.63, 3.8) is 0 Å². The van der Waals surface area contributed by atoms with Crippen LogP contribution in [-0.2, 0) is 22.3 Å². The molecule has 0 N–H and O–H groups in total. The van der Waals surface area contributed by atoms with Crippen LogP contribution in [0.25, 0.3) is 10.9 Å². The summed E-state index contributed by atoms with van der Waals surface area (Å²) in [5, 5.41) is 14.7. The molecule has 2 aliphatic rings. The van der Waals surface area contributed by atoms with Gasteiger partial charge in [-0.2, -0.15) is 23.5 Å². The Morgan fingerprint density at radius 2 is 1.93 bits per heavy atom. The fraction of sp³-hybridized carbons (Fsp3) is 0.448. The van der Waals surface area contributed by atoms with Crippen LogP contribution in [0.5, 0.6) is 0 Å². The third-order valence-electron chi connectivity index (χ3n) is 8.41. The first kappa shape index (κ1) is 29.4. The summed E-state index contributed by atoms with van der Waals surface area (Å²) in [4.78, 5) is 32.8. The predicted molar refractivity (Wildman–Crippen MR) is 155 cm³/mol. The number of pyridine rings is 1. The summed E-state index contributed by atoms with van der Waals surface area (Å²) in [6, 6.07) is 7.98. The Labute approximate surface area is 246 Å². The smallest absolute Gasteiger partial charge is 0.343 e. The van der Waals surface area contributed by atoms with Gasteiger partial charge in [-0.05, 0) is 74.5 Å². The number of rotatable bonds is 6. The van der Waals surface area contributed by atoms with E-state index in [1.54, 1.807) is 18.0 Å².